The molecule has 1 atom stereocenters. The minimum Gasteiger partial charge on any atom is -0.297 e. The van der Waals surface area contributed by atoms with Crippen molar-refractivity contribution >= 4 is 10.4 Å². The molecule has 0 aliphatic carbocycles. The zero-order chi connectivity index (χ0) is 9.47. The van der Waals surface area contributed by atoms with Crippen molar-refractivity contribution in [1.82, 2.24) is 9.80 Å². The van der Waals surface area contributed by atoms with Crippen LogP contribution in [0.5, 0.6) is 0 Å². The van der Waals surface area contributed by atoms with E-state index in [1.165, 1.54) is 0 Å². The third-order valence-corrected chi connectivity index (χ3v) is 2.93. The molecule has 0 amide bonds. The highest BCUT2D eigenvalue weighted by Crippen LogP contribution is 2.17. The topological polar surface area (TPSA) is 70.1 Å². The van der Waals surface area contributed by atoms with Gasteiger partial charge in [-0.15, -0.1) is 0 Å². The van der Waals surface area contributed by atoms with Crippen molar-refractivity contribution in [2.24, 2.45) is 0 Å². The zero-order valence-corrected chi connectivity index (χ0v) is 7.90. The SMILES string of the molecule is O=S(=O)(O)OC1CN2CCN1CC2. The fourth-order valence-electron chi connectivity index (χ4n) is 1.80. The van der Waals surface area contributed by atoms with Crippen LogP contribution in [0.4, 0.5) is 0 Å². The minimum absolute atomic E-state index is 0.502. The maximum Gasteiger partial charge on any atom is 0.398 e. The monoisotopic (exact) mass is 208 g/mol. The van der Waals surface area contributed by atoms with Crippen molar-refractivity contribution in [2.75, 3.05) is 32.7 Å². The van der Waals surface area contributed by atoms with Gasteiger partial charge in [-0.2, -0.15) is 8.42 Å². The lowest BCUT2D eigenvalue weighted by atomic mass is 10.2. The van der Waals surface area contributed by atoms with E-state index in [9.17, 15) is 8.42 Å². The third kappa shape index (κ3) is 2.18. The Bertz CT molecular complexity index is 283. The molecule has 7 heteroatoms. The van der Waals surface area contributed by atoms with Gasteiger partial charge < -0.3 is 0 Å². The largest absolute Gasteiger partial charge is 0.398 e. The van der Waals surface area contributed by atoms with Gasteiger partial charge >= 0.3 is 10.4 Å². The van der Waals surface area contributed by atoms with Crippen LogP contribution in [-0.4, -0.2) is 61.7 Å². The fourth-order valence-corrected chi connectivity index (χ4v) is 2.27. The van der Waals surface area contributed by atoms with E-state index in [0.29, 0.717) is 6.54 Å². The van der Waals surface area contributed by atoms with Crippen molar-refractivity contribution in [2.45, 2.75) is 6.23 Å². The molecule has 0 aromatic carbocycles. The molecule has 0 aromatic rings. The number of piperazine rings is 3. The van der Waals surface area contributed by atoms with Gasteiger partial charge in [-0.1, -0.05) is 0 Å². The van der Waals surface area contributed by atoms with Crippen LogP contribution in [0.2, 0.25) is 0 Å². The van der Waals surface area contributed by atoms with E-state index >= 15 is 0 Å². The lowest BCUT2D eigenvalue weighted by Gasteiger charge is -2.45. The van der Waals surface area contributed by atoms with Crippen LogP contribution in [0.25, 0.3) is 0 Å². The second-order valence-corrected chi connectivity index (χ2v) is 4.36. The minimum atomic E-state index is -4.31. The Hall–Kier alpha value is -0.210. The summed E-state index contributed by atoms with van der Waals surface area (Å²) in [7, 11) is -4.31. The second-order valence-electron chi connectivity index (χ2n) is 3.32. The van der Waals surface area contributed by atoms with Gasteiger partial charge in [-0.25, -0.2) is 4.18 Å². The Morgan fingerprint density at radius 3 is 2.23 bits per heavy atom. The summed E-state index contributed by atoms with van der Waals surface area (Å²) in [4.78, 5) is 4.05. The second kappa shape index (κ2) is 3.18. The molecule has 2 bridgehead atoms. The number of rotatable bonds is 2. The predicted octanol–water partition coefficient (Wildman–Crippen LogP) is -1.24. The van der Waals surface area contributed by atoms with E-state index in [2.05, 4.69) is 9.08 Å². The molecule has 1 unspecified atom stereocenters. The zero-order valence-electron chi connectivity index (χ0n) is 7.09. The Morgan fingerprint density at radius 1 is 1.23 bits per heavy atom. The average molecular weight is 208 g/mol. The molecule has 0 aromatic heterocycles. The predicted molar refractivity (Wildman–Crippen MR) is 44.4 cm³/mol. The highest BCUT2D eigenvalue weighted by molar-refractivity contribution is 7.80. The van der Waals surface area contributed by atoms with E-state index in [1.54, 1.807) is 0 Å². The molecule has 3 aliphatic heterocycles. The Labute approximate surface area is 77.0 Å². The first-order valence-corrected chi connectivity index (χ1v) is 5.53. The average Bonchev–Trinajstić information content (AvgIpc) is 2.03. The molecule has 13 heavy (non-hydrogen) atoms. The molecule has 0 spiro atoms. The van der Waals surface area contributed by atoms with Crippen LogP contribution in [0.1, 0.15) is 0 Å². The van der Waals surface area contributed by atoms with Crippen molar-refractivity contribution < 1.29 is 17.2 Å². The van der Waals surface area contributed by atoms with Crippen molar-refractivity contribution in [1.29, 1.82) is 0 Å². The Balaban J connectivity index is 2.01. The normalized spacial score (nSPS) is 39.3. The number of nitrogens with zero attached hydrogens (tertiary/aromatic N) is 2. The van der Waals surface area contributed by atoms with E-state index in [-0.39, 0.29) is 0 Å². The maximum atomic E-state index is 10.5. The Kier molecular flexibility index (Phi) is 2.28. The van der Waals surface area contributed by atoms with Crippen LogP contribution < -0.4 is 0 Å². The van der Waals surface area contributed by atoms with Crippen LogP contribution in [-0.2, 0) is 14.6 Å². The van der Waals surface area contributed by atoms with Gasteiger partial charge in [0.1, 0.15) is 6.23 Å². The van der Waals surface area contributed by atoms with Crippen LogP contribution in [0.3, 0.4) is 0 Å². The van der Waals surface area contributed by atoms with E-state index < -0.39 is 16.6 Å². The molecule has 76 valence electrons. The van der Waals surface area contributed by atoms with Crippen molar-refractivity contribution in [3.8, 4) is 0 Å². The summed E-state index contributed by atoms with van der Waals surface area (Å²) in [5, 5.41) is 0. The maximum absolute atomic E-state index is 10.5. The highest BCUT2D eigenvalue weighted by atomic mass is 32.3. The third-order valence-electron chi connectivity index (χ3n) is 2.46. The van der Waals surface area contributed by atoms with Crippen molar-refractivity contribution in [3.63, 3.8) is 0 Å². The van der Waals surface area contributed by atoms with Crippen LogP contribution in [0.15, 0.2) is 0 Å². The van der Waals surface area contributed by atoms with Gasteiger partial charge in [0.2, 0.25) is 0 Å². The fraction of sp³-hybridized carbons (Fsp3) is 1.00. The highest BCUT2D eigenvalue weighted by Gasteiger charge is 2.34. The molecule has 3 rings (SSSR count). The van der Waals surface area contributed by atoms with Gasteiger partial charge in [0, 0.05) is 32.7 Å². The van der Waals surface area contributed by atoms with Crippen molar-refractivity contribution in [3.05, 3.63) is 0 Å². The molecule has 3 heterocycles. The first-order chi connectivity index (χ1) is 6.04. The van der Waals surface area contributed by atoms with Gasteiger partial charge in [0.15, 0.2) is 0 Å². The van der Waals surface area contributed by atoms with Gasteiger partial charge in [0.05, 0.1) is 0 Å². The summed E-state index contributed by atoms with van der Waals surface area (Å²) in [5.41, 5.74) is 0. The molecule has 3 aliphatic rings. The van der Waals surface area contributed by atoms with Gasteiger partial charge in [-0.3, -0.25) is 14.4 Å². The standard InChI is InChI=1S/C6H12N2O4S/c9-13(10,11)12-6-5-7-1-3-8(6)4-2-7/h6H,1-5H2,(H,9,10,11). The molecule has 6 nitrogen and oxygen atoms in total. The van der Waals surface area contributed by atoms with Crippen LogP contribution >= 0.6 is 0 Å². The lowest BCUT2D eigenvalue weighted by Crippen LogP contribution is -2.61. The first-order valence-electron chi connectivity index (χ1n) is 4.17. The van der Waals surface area contributed by atoms with Gasteiger partial charge in [-0.05, 0) is 0 Å². The summed E-state index contributed by atoms with van der Waals surface area (Å²) in [5.74, 6) is 0. The molecular weight excluding hydrogens is 196 g/mol. The quantitative estimate of drug-likeness (QED) is 0.573. The van der Waals surface area contributed by atoms with E-state index in [1.807, 2.05) is 4.90 Å². The molecule has 0 saturated carbocycles. The molecule has 3 fully saturated rings. The summed E-state index contributed by atoms with van der Waals surface area (Å²) in [6.07, 6.45) is -0.502. The van der Waals surface area contributed by atoms with E-state index in [0.717, 1.165) is 26.2 Å². The first kappa shape index (κ1) is 9.35. The molecule has 0 radical (unpaired) electrons. The summed E-state index contributed by atoms with van der Waals surface area (Å²) >= 11 is 0. The van der Waals surface area contributed by atoms with E-state index in [4.69, 9.17) is 4.55 Å². The number of fused-ring (bicyclic) bond motifs is 3. The molecular formula is C6H12N2O4S. The molecule has 1 N–H and O–H groups in total. The summed E-state index contributed by atoms with van der Waals surface area (Å²) < 4.78 is 34.0. The van der Waals surface area contributed by atoms with Gasteiger partial charge in [0.25, 0.3) is 0 Å². The summed E-state index contributed by atoms with van der Waals surface area (Å²) in [6.45, 7) is 4.07. The Morgan fingerprint density at radius 2 is 1.85 bits per heavy atom. The smallest absolute Gasteiger partial charge is 0.297 e. The number of hydrogen-bond acceptors (Lipinski definition) is 5. The number of hydrogen-bond donors (Lipinski definition) is 1. The molecule has 3 saturated heterocycles. The van der Waals surface area contributed by atoms with Crippen LogP contribution in [0, 0.1) is 0 Å². The summed E-state index contributed by atoms with van der Waals surface area (Å²) in [6, 6.07) is 0. The lowest BCUT2D eigenvalue weighted by molar-refractivity contribution is -0.0802.